The number of hydrogen-bond donors (Lipinski definition) is 1. The van der Waals surface area contributed by atoms with Gasteiger partial charge >= 0.3 is 0 Å². The fraction of sp³-hybridized carbons (Fsp3) is 0.579. The van der Waals surface area contributed by atoms with Crippen LogP contribution in [0.3, 0.4) is 0 Å². The van der Waals surface area contributed by atoms with Gasteiger partial charge in [-0.2, -0.15) is 5.10 Å². The summed E-state index contributed by atoms with van der Waals surface area (Å²) in [6, 6.07) is 8.45. The van der Waals surface area contributed by atoms with E-state index in [1.165, 1.54) is 44.2 Å². The summed E-state index contributed by atoms with van der Waals surface area (Å²) in [4.78, 5) is 4.62. The summed E-state index contributed by atoms with van der Waals surface area (Å²) >= 11 is 0. The first-order chi connectivity index (χ1) is 10.7. The van der Waals surface area contributed by atoms with E-state index in [-0.39, 0.29) is 0 Å². The van der Waals surface area contributed by atoms with Gasteiger partial charge in [0.15, 0.2) is 0 Å². The van der Waals surface area contributed by atoms with Crippen molar-refractivity contribution < 1.29 is 0 Å². The van der Waals surface area contributed by atoms with Crippen LogP contribution in [-0.2, 0) is 5.41 Å². The van der Waals surface area contributed by atoms with Gasteiger partial charge in [-0.25, -0.2) is 0 Å². The summed E-state index contributed by atoms with van der Waals surface area (Å²) in [7, 11) is 0. The maximum Gasteiger partial charge on any atom is 0.111 e. The number of nitrogens with zero attached hydrogens (tertiary/aromatic N) is 2. The predicted molar refractivity (Wildman–Crippen MR) is 86.4 cm³/mol. The lowest BCUT2D eigenvalue weighted by Crippen LogP contribution is -2.48. The van der Waals surface area contributed by atoms with Crippen molar-refractivity contribution in [3.63, 3.8) is 0 Å². The first-order valence-corrected chi connectivity index (χ1v) is 8.70. The molecule has 22 heavy (non-hydrogen) atoms. The van der Waals surface area contributed by atoms with E-state index in [2.05, 4.69) is 33.4 Å². The van der Waals surface area contributed by atoms with Gasteiger partial charge in [0, 0.05) is 16.8 Å². The standard InChI is InChI=1S/C19H23N3/c1-12-3-2-4-16(20-12)17-8-18(22-21-17)19-9-13-5-14(10-19)7-15(6-13)11-19/h2-4,8,13-15H,5-7,9-11H2,1H3,(H,21,22). The SMILES string of the molecule is Cc1cccc(-c2cc(C34CC5CC(CC(C5)C3)C4)[nH]n2)n1. The average Bonchev–Trinajstić information content (AvgIpc) is 2.96. The lowest BCUT2D eigenvalue weighted by atomic mass is 9.49. The van der Waals surface area contributed by atoms with Crippen LogP contribution in [0.2, 0.25) is 0 Å². The Morgan fingerprint density at radius 1 is 1.00 bits per heavy atom. The Bertz CT molecular complexity index is 680. The van der Waals surface area contributed by atoms with Crippen LogP contribution in [0.4, 0.5) is 0 Å². The molecule has 4 fully saturated rings. The van der Waals surface area contributed by atoms with E-state index < -0.39 is 0 Å². The van der Waals surface area contributed by atoms with E-state index in [1.807, 2.05) is 13.0 Å². The van der Waals surface area contributed by atoms with Gasteiger partial charge in [-0.1, -0.05) is 6.07 Å². The van der Waals surface area contributed by atoms with Crippen molar-refractivity contribution in [2.45, 2.75) is 50.9 Å². The molecule has 0 amide bonds. The smallest absolute Gasteiger partial charge is 0.111 e. The van der Waals surface area contributed by atoms with E-state index in [0.717, 1.165) is 34.8 Å². The number of hydrogen-bond acceptors (Lipinski definition) is 2. The third-order valence-electron chi connectivity index (χ3n) is 6.34. The number of rotatable bonds is 2. The van der Waals surface area contributed by atoms with Crippen LogP contribution in [0.25, 0.3) is 11.4 Å². The Labute approximate surface area is 131 Å². The number of aromatic nitrogens is 3. The summed E-state index contributed by atoms with van der Waals surface area (Å²) in [5, 5.41) is 7.99. The van der Waals surface area contributed by atoms with Crippen molar-refractivity contribution in [2.24, 2.45) is 17.8 Å². The van der Waals surface area contributed by atoms with Crippen LogP contribution in [0.5, 0.6) is 0 Å². The summed E-state index contributed by atoms with van der Waals surface area (Å²) in [5.74, 6) is 2.90. The molecule has 4 aliphatic rings. The van der Waals surface area contributed by atoms with Gasteiger partial charge in [-0.3, -0.25) is 10.1 Å². The van der Waals surface area contributed by atoms with Gasteiger partial charge < -0.3 is 0 Å². The molecule has 6 rings (SSSR count). The second-order valence-corrected chi connectivity index (χ2v) is 8.03. The molecule has 4 saturated carbocycles. The van der Waals surface area contributed by atoms with Crippen molar-refractivity contribution in [1.82, 2.24) is 15.2 Å². The highest BCUT2D eigenvalue weighted by atomic mass is 15.1. The topological polar surface area (TPSA) is 41.6 Å². The van der Waals surface area contributed by atoms with Gasteiger partial charge in [-0.15, -0.1) is 0 Å². The Balaban J connectivity index is 1.52. The molecule has 0 atom stereocenters. The number of aryl methyl sites for hydroxylation is 1. The van der Waals surface area contributed by atoms with Gasteiger partial charge in [0.2, 0.25) is 0 Å². The molecule has 1 N–H and O–H groups in total. The van der Waals surface area contributed by atoms with E-state index >= 15 is 0 Å². The number of aromatic amines is 1. The van der Waals surface area contributed by atoms with Crippen molar-refractivity contribution >= 4 is 0 Å². The molecule has 4 aliphatic carbocycles. The van der Waals surface area contributed by atoms with Gasteiger partial charge in [0.1, 0.15) is 5.69 Å². The van der Waals surface area contributed by atoms with E-state index in [1.54, 1.807) is 0 Å². The molecule has 3 nitrogen and oxygen atoms in total. The number of H-pyrrole nitrogens is 1. The highest BCUT2D eigenvalue weighted by molar-refractivity contribution is 5.55. The van der Waals surface area contributed by atoms with E-state index in [0.29, 0.717) is 5.41 Å². The van der Waals surface area contributed by atoms with Gasteiger partial charge in [0.25, 0.3) is 0 Å². The Morgan fingerprint density at radius 3 is 2.32 bits per heavy atom. The Kier molecular flexibility index (Phi) is 2.59. The van der Waals surface area contributed by atoms with Crippen LogP contribution in [0.1, 0.15) is 49.9 Å². The van der Waals surface area contributed by atoms with Crippen molar-refractivity contribution in [3.8, 4) is 11.4 Å². The summed E-state index contributed by atoms with van der Waals surface area (Å²) < 4.78 is 0. The number of pyridine rings is 1. The quantitative estimate of drug-likeness (QED) is 0.899. The Morgan fingerprint density at radius 2 is 1.68 bits per heavy atom. The second kappa shape index (κ2) is 4.43. The zero-order valence-corrected chi connectivity index (χ0v) is 13.2. The fourth-order valence-electron chi connectivity index (χ4n) is 5.85. The molecule has 2 heterocycles. The lowest BCUT2D eigenvalue weighted by molar-refractivity contribution is -0.00721. The van der Waals surface area contributed by atoms with Crippen LogP contribution in [0, 0.1) is 24.7 Å². The monoisotopic (exact) mass is 293 g/mol. The van der Waals surface area contributed by atoms with Crippen LogP contribution in [-0.4, -0.2) is 15.2 Å². The molecule has 0 unspecified atom stereocenters. The summed E-state index contributed by atoms with van der Waals surface area (Å²) in [6.45, 7) is 2.04. The third-order valence-corrected chi connectivity index (χ3v) is 6.34. The zero-order valence-electron chi connectivity index (χ0n) is 13.2. The minimum Gasteiger partial charge on any atom is -0.281 e. The number of nitrogens with one attached hydrogen (secondary N) is 1. The van der Waals surface area contributed by atoms with Crippen molar-refractivity contribution in [2.75, 3.05) is 0 Å². The summed E-state index contributed by atoms with van der Waals surface area (Å²) in [5.41, 5.74) is 4.83. The van der Waals surface area contributed by atoms with Crippen LogP contribution in [0.15, 0.2) is 24.3 Å². The first-order valence-electron chi connectivity index (χ1n) is 8.70. The highest BCUT2D eigenvalue weighted by Gasteiger charge is 2.52. The molecule has 4 bridgehead atoms. The molecule has 0 radical (unpaired) electrons. The minimum absolute atomic E-state index is 0.393. The molecule has 2 aromatic rings. The highest BCUT2D eigenvalue weighted by Crippen LogP contribution is 2.60. The van der Waals surface area contributed by atoms with Gasteiger partial charge in [0.05, 0.1) is 5.69 Å². The average molecular weight is 293 g/mol. The van der Waals surface area contributed by atoms with Gasteiger partial charge in [-0.05, 0) is 81.4 Å². The van der Waals surface area contributed by atoms with Crippen LogP contribution >= 0.6 is 0 Å². The fourth-order valence-corrected chi connectivity index (χ4v) is 5.85. The molecule has 0 saturated heterocycles. The molecule has 2 aromatic heterocycles. The minimum atomic E-state index is 0.393. The van der Waals surface area contributed by atoms with Crippen LogP contribution < -0.4 is 0 Å². The molecular weight excluding hydrogens is 270 g/mol. The van der Waals surface area contributed by atoms with E-state index in [9.17, 15) is 0 Å². The lowest BCUT2D eigenvalue weighted by Gasteiger charge is -2.56. The van der Waals surface area contributed by atoms with E-state index in [4.69, 9.17) is 0 Å². The molecule has 3 heteroatoms. The van der Waals surface area contributed by atoms with Crippen molar-refractivity contribution in [3.05, 3.63) is 35.7 Å². The molecule has 114 valence electrons. The largest absolute Gasteiger partial charge is 0.281 e. The molecule has 0 spiro atoms. The first kappa shape index (κ1) is 12.9. The predicted octanol–water partition coefficient (Wildman–Crippen LogP) is 4.25. The maximum absolute atomic E-state index is 4.62. The normalized spacial score (nSPS) is 36.0. The summed E-state index contributed by atoms with van der Waals surface area (Å²) in [6.07, 6.45) is 8.59. The van der Waals surface area contributed by atoms with Crippen molar-refractivity contribution in [1.29, 1.82) is 0 Å². The Hall–Kier alpha value is -1.64. The second-order valence-electron chi connectivity index (χ2n) is 8.03. The maximum atomic E-state index is 4.62. The third kappa shape index (κ3) is 1.87. The molecular formula is C19H23N3. The zero-order chi connectivity index (χ0) is 14.7. The molecule has 0 aromatic carbocycles. The molecule has 0 aliphatic heterocycles.